The summed E-state index contributed by atoms with van der Waals surface area (Å²) >= 11 is 0. The molecule has 1 heterocycles. The van der Waals surface area contributed by atoms with Gasteiger partial charge < -0.3 is 14.8 Å². The summed E-state index contributed by atoms with van der Waals surface area (Å²) in [5.74, 6) is 0.557. The number of nitrogens with one attached hydrogen (secondary N) is 1. The van der Waals surface area contributed by atoms with Crippen LogP contribution in [-0.4, -0.2) is 27.6 Å². The quantitative estimate of drug-likeness (QED) is 0.252. The molecule has 1 N–H and O–H groups in total. The Hall–Kier alpha value is -4.80. The van der Waals surface area contributed by atoms with Crippen LogP contribution < -0.4 is 14.8 Å². The van der Waals surface area contributed by atoms with Gasteiger partial charge in [-0.25, -0.2) is 0 Å². The molecule has 11 nitrogen and oxygen atoms in total. The van der Waals surface area contributed by atoms with Crippen molar-refractivity contribution < 1.29 is 28.9 Å². The first-order valence-electron chi connectivity index (χ1n) is 11.1. The van der Waals surface area contributed by atoms with Gasteiger partial charge in [-0.1, -0.05) is 6.42 Å². The van der Waals surface area contributed by atoms with Crippen molar-refractivity contribution in [1.82, 2.24) is 5.32 Å². The summed E-state index contributed by atoms with van der Waals surface area (Å²) in [7, 11) is 0. The smallest absolute Gasteiger partial charge is 0.269 e. The first kappa shape index (κ1) is 24.3. The molecule has 3 aromatic carbocycles. The SMILES string of the molecule is O=C1CCCCC(C(=O)c2cc(Oc3ccc([N+](=O)[O-])cc3)cc(Oc3ccc([N+](=O)[O-])cc3)c2)N1. The summed E-state index contributed by atoms with van der Waals surface area (Å²) < 4.78 is 11.7. The molecule has 0 aliphatic carbocycles. The van der Waals surface area contributed by atoms with Gasteiger partial charge in [0.15, 0.2) is 5.78 Å². The highest BCUT2D eigenvalue weighted by Gasteiger charge is 2.25. The summed E-state index contributed by atoms with van der Waals surface area (Å²) in [5, 5.41) is 24.6. The Balaban J connectivity index is 1.64. The lowest BCUT2D eigenvalue weighted by Gasteiger charge is -2.17. The van der Waals surface area contributed by atoms with Crippen molar-refractivity contribution in [3.63, 3.8) is 0 Å². The number of amides is 1. The van der Waals surface area contributed by atoms with E-state index in [-0.39, 0.29) is 40.1 Å². The maximum Gasteiger partial charge on any atom is 0.269 e. The molecule has 0 saturated carbocycles. The maximum atomic E-state index is 13.3. The Labute approximate surface area is 205 Å². The van der Waals surface area contributed by atoms with Crippen molar-refractivity contribution in [1.29, 1.82) is 0 Å². The van der Waals surface area contributed by atoms with Crippen LogP contribution >= 0.6 is 0 Å². The summed E-state index contributed by atoms with van der Waals surface area (Å²) in [6, 6.07) is 14.7. The van der Waals surface area contributed by atoms with E-state index in [1.165, 1.54) is 66.7 Å². The third-order valence-electron chi connectivity index (χ3n) is 5.53. The van der Waals surface area contributed by atoms with E-state index in [0.717, 1.165) is 6.42 Å². The Morgan fingerprint density at radius 2 is 1.28 bits per heavy atom. The van der Waals surface area contributed by atoms with Gasteiger partial charge in [-0.05, 0) is 49.2 Å². The van der Waals surface area contributed by atoms with Gasteiger partial charge in [0, 0.05) is 42.3 Å². The second-order valence-corrected chi connectivity index (χ2v) is 8.13. The van der Waals surface area contributed by atoms with Gasteiger partial charge >= 0.3 is 0 Å². The summed E-state index contributed by atoms with van der Waals surface area (Å²) in [6.07, 6.45) is 2.28. The molecule has 1 atom stereocenters. The van der Waals surface area contributed by atoms with Crippen LogP contribution in [0.4, 0.5) is 11.4 Å². The molecule has 36 heavy (non-hydrogen) atoms. The average molecular weight is 491 g/mol. The molecule has 1 aliphatic heterocycles. The number of nitro benzene ring substituents is 2. The number of rotatable bonds is 8. The van der Waals surface area contributed by atoms with Crippen LogP contribution in [0.3, 0.4) is 0 Å². The van der Waals surface area contributed by atoms with Crippen molar-refractivity contribution in [2.45, 2.75) is 31.7 Å². The highest BCUT2D eigenvalue weighted by atomic mass is 16.6. The molecular formula is C25H21N3O8. The fourth-order valence-corrected chi connectivity index (χ4v) is 3.75. The van der Waals surface area contributed by atoms with Gasteiger partial charge in [-0.3, -0.25) is 29.8 Å². The topological polar surface area (TPSA) is 151 Å². The van der Waals surface area contributed by atoms with E-state index in [2.05, 4.69) is 5.32 Å². The molecule has 0 radical (unpaired) electrons. The van der Waals surface area contributed by atoms with Crippen LogP contribution in [0.5, 0.6) is 23.0 Å². The molecule has 11 heteroatoms. The summed E-state index contributed by atoms with van der Waals surface area (Å²) in [4.78, 5) is 46.0. The minimum absolute atomic E-state index is 0.0995. The number of carbonyl (C=O) groups is 2. The first-order chi connectivity index (χ1) is 17.3. The predicted octanol–water partition coefficient (Wildman–Crippen LogP) is 5.33. The Bertz CT molecular complexity index is 1230. The lowest BCUT2D eigenvalue weighted by Crippen LogP contribution is -2.39. The van der Waals surface area contributed by atoms with Gasteiger partial charge in [0.05, 0.1) is 15.9 Å². The predicted molar refractivity (Wildman–Crippen MR) is 128 cm³/mol. The van der Waals surface area contributed by atoms with E-state index >= 15 is 0 Å². The average Bonchev–Trinajstić information content (AvgIpc) is 3.08. The number of ether oxygens (including phenoxy) is 2. The summed E-state index contributed by atoms with van der Waals surface area (Å²) in [6.45, 7) is 0. The van der Waals surface area contributed by atoms with Gasteiger partial charge in [0.25, 0.3) is 11.4 Å². The van der Waals surface area contributed by atoms with Crippen LogP contribution in [0.25, 0.3) is 0 Å². The number of nitro groups is 2. The van der Waals surface area contributed by atoms with Crippen molar-refractivity contribution in [2.24, 2.45) is 0 Å². The molecule has 0 bridgehead atoms. The Morgan fingerprint density at radius 3 is 1.75 bits per heavy atom. The van der Waals surface area contributed by atoms with Crippen LogP contribution in [0.1, 0.15) is 36.0 Å². The maximum absolute atomic E-state index is 13.3. The number of benzene rings is 3. The molecule has 0 spiro atoms. The van der Waals surface area contributed by atoms with Crippen LogP contribution in [0.2, 0.25) is 0 Å². The van der Waals surface area contributed by atoms with Crippen molar-refractivity contribution in [3.8, 4) is 23.0 Å². The van der Waals surface area contributed by atoms with E-state index < -0.39 is 15.9 Å². The van der Waals surface area contributed by atoms with Crippen molar-refractivity contribution >= 4 is 23.1 Å². The van der Waals surface area contributed by atoms with Crippen LogP contribution in [0, 0.1) is 20.2 Å². The molecule has 1 unspecified atom stereocenters. The third-order valence-corrected chi connectivity index (χ3v) is 5.53. The minimum Gasteiger partial charge on any atom is -0.457 e. The lowest BCUT2D eigenvalue weighted by molar-refractivity contribution is -0.385. The number of ketones is 1. The molecule has 1 fully saturated rings. The standard InChI is InChI=1S/C25H21N3O8/c29-24-4-2-1-3-23(26-24)25(30)16-13-21(35-19-9-5-17(6-10-19)27(31)32)15-22(14-16)36-20-11-7-18(8-12-20)28(33)34/h5-15,23H,1-4H2,(H,26,29). The number of carbonyl (C=O) groups excluding carboxylic acids is 2. The van der Waals surface area contributed by atoms with E-state index in [1.807, 2.05) is 0 Å². The Kier molecular flexibility index (Phi) is 7.19. The van der Waals surface area contributed by atoms with Crippen molar-refractivity contribution in [3.05, 3.63) is 92.5 Å². The van der Waals surface area contributed by atoms with E-state index in [4.69, 9.17) is 9.47 Å². The first-order valence-corrected chi connectivity index (χ1v) is 11.1. The molecule has 4 rings (SSSR count). The fraction of sp³-hybridized carbons (Fsp3) is 0.200. The van der Waals surface area contributed by atoms with Crippen LogP contribution in [-0.2, 0) is 4.79 Å². The number of Topliss-reactive ketones (excluding diaryl/α,β-unsaturated/α-hetero) is 1. The highest BCUT2D eigenvalue weighted by molar-refractivity contribution is 6.02. The molecular weight excluding hydrogens is 470 g/mol. The fourth-order valence-electron chi connectivity index (χ4n) is 3.75. The zero-order valence-corrected chi connectivity index (χ0v) is 18.9. The molecule has 1 saturated heterocycles. The monoisotopic (exact) mass is 491 g/mol. The largest absolute Gasteiger partial charge is 0.457 e. The third kappa shape index (κ3) is 6.00. The minimum atomic E-state index is -0.693. The summed E-state index contributed by atoms with van der Waals surface area (Å²) in [5.41, 5.74) is 0.0358. The van der Waals surface area contributed by atoms with Gasteiger partial charge in [-0.2, -0.15) is 0 Å². The van der Waals surface area contributed by atoms with Crippen molar-refractivity contribution in [2.75, 3.05) is 0 Å². The number of hydrogen-bond acceptors (Lipinski definition) is 8. The Morgan fingerprint density at radius 1 is 0.778 bits per heavy atom. The van der Waals surface area contributed by atoms with Gasteiger partial charge in [-0.15, -0.1) is 0 Å². The van der Waals surface area contributed by atoms with E-state index in [0.29, 0.717) is 30.8 Å². The zero-order chi connectivity index (χ0) is 25.7. The molecule has 0 aromatic heterocycles. The number of nitrogens with zero attached hydrogens (tertiary/aromatic N) is 2. The zero-order valence-electron chi connectivity index (χ0n) is 18.9. The molecule has 184 valence electrons. The van der Waals surface area contributed by atoms with Crippen LogP contribution in [0.15, 0.2) is 66.7 Å². The normalized spacial score (nSPS) is 15.3. The number of non-ortho nitro benzene ring substituents is 2. The van der Waals surface area contributed by atoms with E-state index in [1.54, 1.807) is 0 Å². The second-order valence-electron chi connectivity index (χ2n) is 8.13. The second kappa shape index (κ2) is 10.6. The van der Waals surface area contributed by atoms with Gasteiger partial charge in [0.1, 0.15) is 23.0 Å². The molecule has 1 aliphatic rings. The van der Waals surface area contributed by atoms with Gasteiger partial charge in [0.2, 0.25) is 5.91 Å². The molecule has 1 amide bonds. The molecule has 3 aromatic rings. The highest BCUT2D eigenvalue weighted by Crippen LogP contribution is 2.32. The van der Waals surface area contributed by atoms with E-state index in [9.17, 15) is 29.8 Å². The number of hydrogen-bond donors (Lipinski definition) is 1. The lowest BCUT2D eigenvalue weighted by atomic mass is 10.00.